The van der Waals surface area contributed by atoms with Gasteiger partial charge in [0.25, 0.3) is 0 Å². The predicted molar refractivity (Wildman–Crippen MR) is 81.9 cm³/mol. The predicted octanol–water partition coefficient (Wildman–Crippen LogP) is 5.67. The van der Waals surface area contributed by atoms with Gasteiger partial charge in [0.15, 0.2) is 0 Å². The highest BCUT2D eigenvalue weighted by atomic mass is 79.9. The Morgan fingerprint density at radius 1 is 1.11 bits per heavy atom. The van der Waals surface area contributed by atoms with Crippen molar-refractivity contribution in [3.05, 3.63) is 34.3 Å². The molecule has 102 valence electrons. The smallest absolute Gasteiger partial charge is 0.0875 e. The molecule has 0 heterocycles. The van der Waals surface area contributed by atoms with Crippen LogP contribution in [0.5, 0.6) is 0 Å². The summed E-state index contributed by atoms with van der Waals surface area (Å²) in [4.78, 5) is 0. The Bertz CT molecular complexity index is 347. The monoisotopic (exact) mass is 312 g/mol. The lowest BCUT2D eigenvalue weighted by atomic mass is 9.98. The zero-order valence-corrected chi connectivity index (χ0v) is 13.4. The van der Waals surface area contributed by atoms with Crippen LogP contribution in [0.2, 0.25) is 0 Å². The number of halogens is 1. The van der Waals surface area contributed by atoms with Crippen LogP contribution in [0.4, 0.5) is 0 Å². The summed E-state index contributed by atoms with van der Waals surface area (Å²) in [6.45, 7) is 7.37. The summed E-state index contributed by atoms with van der Waals surface area (Å²) < 4.78 is 7.14. The van der Waals surface area contributed by atoms with E-state index in [0.29, 0.717) is 0 Å². The minimum Gasteiger partial charge on any atom is -0.371 e. The van der Waals surface area contributed by atoms with Crippen LogP contribution in [0, 0.1) is 0 Å². The first-order valence-electron chi connectivity index (χ1n) is 6.96. The molecule has 1 aromatic carbocycles. The van der Waals surface area contributed by atoms with Gasteiger partial charge >= 0.3 is 0 Å². The molecule has 0 spiro atoms. The van der Waals surface area contributed by atoms with Gasteiger partial charge in [-0.1, -0.05) is 60.7 Å². The molecule has 0 aromatic heterocycles. The Hall–Kier alpha value is -0.340. The van der Waals surface area contributed by atoms with Crippen LogP contribution in [-0.4, -0.2) is 6.61 Å². The van der Waals surface area contributed by atoms with E-state index in [-0.39, 0.29) is 5.60 Å². The molecule has 18 heavy (non-hydrogen) atoms. The topological polar surface area (TPSA) is 9.23 Å². The van der Waals surface area contributed by atoms with E-state index in [0.717, 1.165) is 17.5 Å². The molecule has 1 aromatic rings. The van der Waals surface area contributed by atoms with Gasteiger partial charge in [-0.3, -0.25) is 0 Å². The van der Waals surface area contributed by atoms with Gasteiger partial charge in [-0.2, -0.15) is 0 Å². The standard InChI is InChI=1S/C16H25BrO/c1-4-5-6-7-8-12-18-16(2,3)14-10-9-11-15(17)13-14/h9-11,13H,4-8,12H2,1-3H3. The maximum Gasteiger partial charge on any atom is 0.0875 e. The van der Waals surface area contributed by atoms with Crippen molar-refractivity contribution >= 4 is 15.9 Å². The van der Waals surface area contributed by atoms with E-state index < -0.39 is 0 Å². The highest BCUT2D eigenvalue weighted by Gasteiger charge is 2.20. The lowest BCUT2D eigenvalue weighted by Crippen LogP contribution is -2.22. The van der Waals surface area contributed by atoms with E-state index in [1.807, 2.05) is 6.07 Å². The van der Waals surface area contributed by atoms with E-state index in [4.69, 9.17) is 4.74 Å². The lowest BCUT2D eigenvalue weighted by Gasteiger charge is -2.26. The molecule has 0 atom stereocenters. The van der Waals surface area contributed by atoms with Gasteiger partial charge in [-0.05, 0) is 38.0 Å². The van der Waals surface area contributed by atoms with Crippen LogP contribution >= 0.6 is 15.9 Å². The molecule has 0 aliphatic heterocycles. The van der Waals surface area contributed by atoms with Crippen LogP contribution < -0.4 is 0 Å². The minimum absolute atomic E-state index is 0.200. The number of hydrogen-bond acceptors (Lipinski definition) is 1. The Morgan fingerprint density at radius 3 is 2.50 bits per heavy atom. The van der Waals surface area contributed by atoms with Crippen molar-refractivity contribution in [1.29, 1.82) is 0 Å². The maximum atomic E-state index is 6.03. The molecular weight excluding hydrogens is 288 g/mol. The molecule has 0 saturated carbocycles. The van der Waals surface area contributed by atoms with Gasteiger partial charge in [-0.25, -0.2) is 0 Å². The molecule has 0 unspecified atom stereocenters. The molecule has 1 nitrogen and oxygen atoms in total. The highest BCUT2D eigenvalue weighted by Crippen LogP contribution is 2.27. The molecule has 0 amide bonds. The van der Waals surface area contributed by atoms with Crippen molar-refractivity contribution in [3.63, 3.8) is 0 Å². The van der Waals surface area contributed by atoms with Crippen LogP contribution in [-0.2, 0) is 10.3 Å². The SMILES string of the molecule is CCCCCCCOC(C)(C)c1cccc(Br)c1. The van der Waals surface area contributed by atoms with E-state index >= 15 is 0 Å². The van der Waals surface area contributed by atoms with Crippen molar-refractivity contribution < 1.29 is 4.74 Å². The Labute approximate surface area is 120 Å². The normalized spacial score (nSPS) is 11.8. The van der Waals surface area contributed by atoms with Gasteiger partial charge in [-0.15, -0.1) is 0 Å². The maximum absolute atomic E-state index is 6.03. The van der Waals surface area contributed by atoms with Gasteiger partial charge in [0.05, 0.1) is 5.60 Å². The summed E-state index contributed by atoms with van der Waals surface area (Å²) in [5.74, 6) is 0. The Balaban J connectivity index is 2.35. The number of unbranched alkanes of at least 4 members (excludes halogenated alkanes) is 4. The van der Waals surface area contributed by atoms with Crippen LogP contribution in [0.15, 0.2) is 28.7 Å². The molecule has 0 fully saturated rings. The van der Waals surface area contributed by atoms with Crippen molar-refractivity contribution in [2.75, 3.05) is 6.61 Å². The lowest BCUT2D eigenvalue weighted by molar-refractivity contribution is -0.0234. The van der Waals surface area contributed by atoms with E-state index in [2.05, 4.69) is 54.9 Å². The zero-order chi connectivity index (χ0) is 13.4. The van der Waals surface area contributed by atoms with Crippen LogP contribution in [0.25, 0.3) is 0 Å². The fraction of sp³-hybridized carbons (Fsp3) is 0.625. The van der Waals surface area contributed by atoms with E-state index in [9.17, 15) is 0 Å². The molecule has 0 aliphatic rings. The first kappa shape index (κ1) is 15.7. The summed E-state index contributed by atoms with van der Waals surface area (Å²) in [5.41, 5.74) is 1.03. The molecule has 1 rings (SSSR count). The van der Waals surface area contributed by atoms with Gasteiger partial charge < -0.3 is 4.74 Å². The largest absolute Gasteiger partial charge is 0.371 e. The first-order chi connectivity index (χ1) is 8.56. The van der Waals surface area contributed by atoms with Crippen LogP contribution in [0.1, 0.15) is 58.4 Å². The van der Waals surface area contributed by atoms with Crippen molar-refractivity contribution in [1.82, 2.24) is 0 Å². The second-order valence-electron chi connectivity index (χ2n) is 5.28. The van der Waals surface area contributed by atoms with Gasteiger partial charge in [0.2, 0.25) is 0 Å². The second-order valence-corrected chi connectivity index (χ2v) is 6.20. The Kier molecular flexibility index (Phi) is 6.95. The number of hydrogen-bond donors (Lipinski definition) is 0. The quantitative estimate of drug-likeness (QED) is 0.562. The summed E-state index contributed by atoms with van der Waals surface area (Å²) in [5, 5.41) is 0. The molecule has 0 N–H and O–H groups in total. The average Bonchev–Trinajstić information content (AvgIpc) is 2.33. The Morgan fingerprint density at radius 2 is 1.83 bits per heavy atom. The molecule has 0 aliphatic carbocycles. The fourth-order valence-electron chi connectivity index (χ4n) is 1.98. The average molecular weight is 313 g/mol. The summed E-state index contributed by atoms with van der Waals surface area (Å²) >= 11 is 3.51. The number of benzene rings is 1. The molecular formula is C16H25BrO. The van der Waals surface area contributed by atoms with Crippen molar-refractivity contribution in [3.8, 4) is 0 Å². The zero-order valence-electron chi connectivity index (χ0n) is 11.8. The third-order valence-corrected chi connectivity index (χ3v) is 3.72. The van der Waals surface area contributed by atoms with E-state index in [1.165, 1.54) is 31.2 Å². The van der Waals surface area contributed by atoms with Crippen molar-refractivity contribution in [2.24, 2.45) is 0 Å². The van der Waals surface area contributed by atoms with Crippen molar-refractivity contribution in [2.45, 2.75) is 58.5 Å². The van der Waals surface area contributed by atoms with Gasteiger partial charge in [0, 0.05) is 11.1 Å². The molecule has 2 heteroatoms. The summed E-state index contributed by atoms with van der Waals surface area (Å²) in [7, 11) is 0. The molecule has 0 bridgehead atoms. The highest BCUT2D eigenvalue weighted by molar-refractivity contribution is 9.10. The van der Waals surface area contributed by atoms with E-state index in [1.54, 1.807) is 0 Å². The van der Waals surface area contributed by atoms with Gasteiger partial charge in [0.1, 0.15) is 0 Å². The third-order valence-electron chi connectivity index (χ3n) is 3.23. The van der Waals surface area contributed by atoms with Crippen LogP contribution in [0.3, 0.4) is 0 Å². The number of ether oxygens (including phenoxy) is 1. The second kappa shape index (κ2) is 7.96. The minimum atomic E-state index is -0.200. The summed E-state index contributed by atoms with van der Waals surface area (Å²) in [6, 6.07) is 8.37. The first-order valence-corrected chi connectivity index (χ1v) is 7.75. The summed E-state index contributed by atoms with van der Waals surface area (Å²) in [6.07, 6.45) is 6.41. The molecule has 0 saturated heterocycles. The third kappa shape index (κ3) is 5.53. The molecule has 0 radical (unpaired) electrons. The number of rotatable bonds is 8. The fourth-order valence-corrected chi connectivity index (χ4v) is 2.38.